The molecule has 1 atom stereocenters. The van der Waals surface area contributed by atoms with Crippen LogP contribution < -0.4 is 4.74 Å². The van der Waals surface area contributed by atoms with Crippen molar-refractivity contribution in [2.24, 2.45) is 0 Å². The summed E-state index contributed by atoms with van der Waals surface area (Å²) in [6.07, 6.45) is 1.78. The van der Waals surface area contributed by atoms with Crippen LogP contribution in [0.1, 0.15) is 32.3 Å². The molecule has 0 radical (unpaired) electrons. The first kappa shape index (κ1) is 12.8. The number of benzene rings is 1. The first-order valence-electron chi connectivity index (χ1n) is 5.62. The van der Waals surface area contributed by atoms with Crippen LogP contribution in [0.5, 0.6) is 5.75 Å². The highest BCUT2D eigenvalue weighted by atomic mass is 16.7. The maximum absolute atomic E-state index is 5.73. The van der Waals surface area contributed by atoms with Gasteiger partial charge in [0, 0.05) is 13.5 Å². The molecule has 0 saturated heterocycles. The van der Waals surface area contributed by atoms with E-state index in [2.05, 4.69) is 13.5 Å². The van der Waals surface area contributed by atoms with Gasteiger partial charge in [0.2, 0.25) is 0 Å². The molecule has 0 amide bonds. The zero-order chi connectivity index (χ0) is 12.0. The number of hydrogen-bond donors (Lipinski definition) is 0. The molecule has 0 saturated carbocycles. The average Bonchev–Trinajstić information content (AvgIpc) is 2.29. The van der Waals surface area contributed by atoms with E-state index in [9.17, 15) is 0 Å². The Bertz CT molecular complexity index is 344. The summed E-state index contributed by atoms with van der Waals surface area (Å²) in [7, 11) is 1.67. The van der Waals surface area contributed by atoms with Crippen LogP contribution in [0.3, 0.4) is 0 Å². The first-order chi connectivity index (χ1) is 7.67. The van der Waals surface area contributed by atoms with Crippen molar-refractivity contribution in [3.8, 4) is 5.75 Å². The van der Waals surface area contributed by atoms with Crippen molar-refractivity contribution >= 4 is 5.57 Å². The van der Waals surface area contributed by atoms with Crippen molar-refractivity contribution in [2.45, 2.75) is 33.0 Å². The second kappa shape index (κ2) is 6.33. The van der Waals surface area contributed by atoms with Gasteiger partial charge in [0.15, 0.2) is 6.29 Å². The van der Waals surface area contributed by atoms with E-state index in [1.54, 1.807) is 7.11 Å². The number of rotatable bonds is 6. The van der Waals surface area contributed by atoms with Crippen LogP contribution in [0.15, 0.2) is 30.8 Å². The minimum absolute atomic E-state index is 0.162. The van der Waals surface area contributed by atoms with Crippen molar-refractivity contribution in [3.63, 3.8) is 0 Å². The third kappa shape index (κ3) is 3.70. The van der Waals surface area contributed by atoms with Gasteiger partial charge < -0.3 is 9.47 Å². The Kier molecular flexibility index (Phi) is 5.06. The molecule has 16 heavy (non-hydrogen) atoms. The lowest BCUT2D eigenvalue weighted by atomic mass is 10.1. The van der Waals surface area contributed by atoms with E-state index in [0.717, 1.165) is 29.7 Å². The third-order valence-electron chi connectivity index (χ3n) is 2.38. The van der Waals surface area contributed by atoms with E-state index in [-0.39, 0.29) is 6.29 Å². The van der Waals surface area contributed by atoms with Crippen LogP contribution in [-0.4, -0.2) is 13.4 Å². The molecule has 1 rings (SSSR count). The van der Waals surface area contributed by atoms with Gasteiger partial charge >= 0.3 is 0 Å². The van der Waals surface area contributed by atoms with Crippen LogP contribution in [0.2, 0.25) is 0 Å². The molecule has 0 bridgehead atoms. The molecular formula is C14H20O2. The minimum atomic E-state index is -0.162. The minimum Gasteiger partial charge on any atom is -0.465 e. The summed E-state index contributed by atoms with van der Waals surface area (Å²) in [6.45, 7) is 8.01. The number of ether oxygens (including phenoxy) is 2. The van der Waals surface area contributed by atoms with Gasteiger partial charge in [-0.05, 0) is 24.6 Å². The van der Waals surface area contributed by atoms with Crippen molar-refractivity contribution in [1.82, 2.24) is 0 Å². The molecule has 1 aromatic carbocycles. The van der Waals surface area contributed by atoms with E-state index < -0.39 is 0 Å². The Morgan fingerprint density at radius 3 is 2.75 bits per heavy atom. The van der Waals surface area contributed by atoms with E-state index in [1.165, 1.54) is 0 Å². The fraction of sp³-hybridized carbons (Fsp3) is 0.429. The van der Waals surface area contributed by atoms with Crippen LogP contribution in [0.25, 0.3) is 5.57 Å². The highest BCUT2D eigenvalue weighted by Gasteiger charge is 2.07. The molecule has 0 spiro atoms. The summed E-state index contributed by atoms with van der Waals surface area (Å²) in [5.41, 5.74) is 2.14. The summed E-state index contributed by atoms with van der Waals surface area (Å²) < 4.78 is 11.0. The van der Waals surface area contributed by atoms with E-state index in [4.69, 9.17) is 9.47 Å². The molecule has 1 aromatic rings. The van der Waals surface area contributed by atoms with E-state index in [0.29, 0.717) is 0 Å². The summed E-state index contributed by atoms with van der Waals surface area (Å²) in [6, 6.07) is 7.92. The van der Waals surface area contributed by atoms with Gasteiger partial charge in [-0.2, -0.15) is 0 Å². The SMILES string of the molecule is C=C(C)c1cccc(OC(CCC)OC)c1. The fourth-order valence-electron chi connectivity index (χ4n) is 1.45. The Morgan fingerprint density at radius 1 is 1.44 bits per heavy atom. The van der Waals surface area contributed by atoms with Crippen molar-refractivity contribution < 1.29 is 9.47 Å². The molecule has 88 valence electrons. The van der Waals surface area contributed by atoms with Gasteiger partial charge in [0.05, 0.1) is 0 Å². The summed E-state index contributed by atoms with van der Waals surface area (Å²) in [5.74, 6) is 0.834. The topological polar surface area (TPSA) is 18.5 Å². The zero-order valence-electron chi connectivity index (χ0n) is 10.3. The highest BCUT2D eigenvalue weighted by molar-refractivity contribution is 5.62. The Balaban J connectivity index is 2.72. The van der Waals surface area contributed by atoms with E-state index >= 15 is 0 Å². The molecule has 2 heteroatoms. The van der Waals surface area contributed by atoms with Gasteiger partial charge in [0.1, 0.15) is 5.75 Å². The summed E-state index contributed by atoms with van der Waals surface area (Å²) >= 11 is 0. The molecular weight excluding hydrogens is 200 g/mol. The molecule has 0 aliphatic rings. The Morgan fingerprint density at radius 2 is 2.19 bits per heavy atom. The third-order valence-corrected chi connectivity index (χ3v) is 2.38. The molecule has 0 aliphatic carbocycles. The van der Waals surface area contributed by atoms with Gasteiger partial charge in [-0.15, -0.1) is 0 Å². The van der Waals surface area contributed by atoms with Gasteiger partial charge in [-0.25, -0.2) is 0 Å². The van der Waals surface area contributed by atoms with Crippen LogP contribution in [0, 0.1) is 0 Å². The first-order valence-corrected chi connectivity index (χ1v) is 5.62. The Labute approximate surface area is 97.9 Å². The molecule has 0 N–H and O–H groups in total. The second-order valence-corrected chi connectivity index (χ2v) is 3.88. The van der Waals surface area contributed by atoms with Crippen molar-refractivity contribution in [3.05, 3.63) is 36.4 Å². The fourth-order valence-corrected chi connectivity index (χ4v) is 1.45. The predicted molar refractivity (Wildman–Crippen MR) is 67.5 cm³/mol. The van der Waals surface area contributed by atoms with E-state index in [1.807, 2.05) is 31.2 Å². The standard InChI is InChI=1S/C14H20O2/c1-5-7-14(15-4)16-13-9-6-8-12(10-13)11(2)3/h6,8-10,14H,2,5,7H2,1,3-4H3. The molecule has 0 aromatic heterocycles. The maximum atomic E-state index is 5.73. The van der Waals surface area contributed by atoms with Crippen LogP contribution in [0.4, 0.5) is 0 Å². The van der Waals surface area contributed by atoms with Gasteiger partial charge in [0.25, 0.3) is 0 Å². The number of methoxy groups -OCH3 is 1. The predicted octanol–water partition coefficient (Wildman–Crippen LogP) is 3.87. The lowest BCUT2D eigenvalue weighted by Crippen LogP contribution is -2.18. The lowest BCUT2D eigenvalue weighted by molar-refractivity contribution is -0.0584. The van der Waals surface area contributed by atoms with Gasteiger partial charge in [-0.3, -0.25) is 0 Å². The second-order valence-electron chi connectivity index (χ2n) is 3.88. The summed E-state index contributed by atoms with van der Waals surface area (Å²) in [4.78, 5) is 0. The Hall–Kier alpha value is -1.28. The molecule has 0 heterocycles. The largest absolute Gasteiger partial charge is 0.465 e. The molecule has 2 nitrogen and oxygen atoms in total. The lowest BCUT2D eigenvalue weighted by Gasteiger charge is -2.17. The maximum Gasteiger partial charge on any atom is 0.199 e. The average molecular weight is 220 g/mol. The molecule has 1 unspecified atom stereocenters. The van der Waals surface area contributed by atoms with Crippen molar-refractivity contribution in [2.75, 3.05) is 7.11 Å². The van der Waals surface area contributed by atoms with Crippen LogP contribution >= 0.6 is 0 Å². The number of allylic oxidation sites excluding steroid dienone is 1. The highest BCUT2D eigenvalue weighted by Crippen LogP contribution is 2.20. The zero-order valence-corrected chi connectivity index (χ0v) is 10.3. The quantitative estimate of drug-likeness (QED) is 0.677. The van der Waals surface area contributed by atoms with Gasteiger partial charge in [-0.1, -0.05) is 37.6 Å². The molecule has 0 aliphatic heterocycles. The smallest absolute Gasteiger partial charge is 0.199 e. The normalized spacial score (nSPS) is 12.2. The van der Waals surface area contributed by atoms with Crippen LogP contribution in [-0.2, 0) is 4.74 Å². The molecule has 0 fully saturated rings. The number of hydrogen-bond acceptors (Lipinski definition) is 2. The summed E-state index contributed by atoms with van der Waals surface area (Å²) in [5, 5.41) is 0. The monoisotopic (exact) mass is 220 g/mol. The van der Waals surface area contributed by atoms with Crippen molar-refractivity contribution in [1.29, 1.82) is 0 Å².